The molecule has 0 radical (unpaired) electrons. The Morgan fingerprint density at radius 1 is 1.38 bits per heavy atom. The van der Waals surface area contributed by atoms with Crippen LogP contribution in [-0.2, 0) is 9.59 Å². The Hall–Kier alpha value is -1.88. The largest absolute Gasteiger partial charge is 0.310 e. The van der Waals surface area contributed by atoms with Gasteiger partial charge in [0.2, 0.25) is 5.91 Å². The van der Waals surface area contributed by atoms with E-state index in [2.05, 4.69) is 4.98 Å². The lowest BCUT2D eigenvalue weighted by Crippen LogP contribution is -2.25. The third-order valence-corrected chi connectivity index (χ3v) is 4.71. The van der Waals surface area contributed by atoms with Gasteiger partial charge in [0.1, 0.15) is 0 Å². The molecule has 5 heteroatoms. The fourth-order valence-electron chi connectivity index (χ4n) is 2.68. The molecule has 108 valence electrons. The van der Waals surface area contributed by atoms with Gasteiger partial charge >= 0.3 is 0 Å². The van der Waals surface area contributed by atoms with E-state index in [0.29, 0.717) is 18.7 Å². The van der Waals surface area contributed by atoms with E-state index in [9.17, 15) is 9.59 Å². The molecule has 0 saturated carbocycles. The van der Waals surface area contributed by atoms with Crippen LogP contribution in [0.5, 0.6) is 0 Å². The number of amides is 1. The van der Waals surface area contributed by atoms with E-state index in [0.717, 1.165) is 16.5 Å². The van der Waals surface area contributed by atoms with Crippen molar-refractivity contribution in [1.82, 2.24) is 4.98 Å². The average Bonchev–Trinajstić information content (AvgIpc) is 2.85. The molecule has 1 aliphatic rings. The molecule has 0 N–H and O–H groups in total. The Bertz CT molecular complexity index is 696. The summed E-state index contributed by atoms with van der Waals surface area (Å²) in [4.78, 5) is 29.4. The maximum absolute atomic E-state index is 12.3. The Morgan fingerprint density at radius 3 is 3.00 bits per heavy atom. The molecule has 3 rings (SSSR count). The Balaban J connectivity index is 1.86. The number of thioether (sulfide) groups is 1. The summed E-state index contributed by atoms with van der Waals surface area (Å²) < 4.78 is 0. The Morgan fingerprint density at radius 2 is 2.19 bits per heavy atom. The fourth-order valence-corrected chi connectivity index (χ4v) is 3.37. The van der Waals surface area contributed by atoms with E-state index in [1.807, 2.05) is 30.5 Å². The van der Waals surface area contributed by atoms with Gasteiger partial charge in [0.25, 0.3) is 0 Å². The van der Waals surface area contributed by atoms with Gasteiger partial charge in [-0.25, -0.2) is 0 Å². The van der Waals surface area contributed by atoms with Crippen LogP contribution in [0.2, 0.25) is 0 Å². The van der Waals surface area contributed by atoms with E-state index in [4.69, 9.17) is 0 Å². The zero-order chi connectivity index (χ0) is 14.8. The molecule has 1 aromatic carbocycles. The minimum Gasteiger partial charge on any atom is -0.310 e. The molecule has 4 nitrogen and oxygen atoms in total. The molecule has 21 heavy (non-hydrogen) atoms. The molecule has 1 amide bonds. The summed E-state index contributed by atoms with van der Waals surface area (Å²) in [5.74, 6) is 1.04. The molecule has 1 aromatic heterocycles. The van der Waals surface area contributed by atoms with Crippen molar-refractivity contribution >= 4 is 39.2 Å². The highest BCUT2D eigenvalue weighted by Gasteiger charge is 2.31. The van der Waals surface area contributed by atoms with Crippen molar-refractivity contribution in [3.05, 3.63) is 36.7 Å². The fraction of sp³-hybridized carbons (Fsp3) is 0.312. The van der Waals surface area contributed by atoms with E-state index < -0.39 is 0 Å². The van der Waals surface area contributed by atoms with Gasteiger partial charge in [-0.3, -0.25) is 14.6 Å². The van der Waals surface area contributed by atoms with Gasteiger partial charge in [0.15, 0.2) is 5.12 Å². The third kappa shape index (κ3) is 2.93. The second-order valence-corrected chi connectivity index (χ2v) is 6.45. The smallest absolute Gasteiger partial charge is 0.227 e. The predicted octanol–water partition coefficient (Wildman–Crippen LogP) is 2.87. The van der Waals surface area contributed by atoms with Crippen molar-refractivity contribution in [2.75, 3.05) is 17.2 Å². The third-order valence-electron chi connectivity index (χ3n) is 3.67. The number of benzene rings is 1. The van der Waals surface area contributed by atoms with Crippen LogP contribution >= 0.6 is 11.8 Å². The summed E-state index contributed by atoms with van der Waals surface area (Å²) in [6.07, 6.45) is 4.06. The molecule has 2 heterocycles. The van der Waals surface area contributed by atoms with Gasteiger partial charge in [-0.2, -0.15) is 0 Å². The Labute approximate surface area is 127 Å². The van der Waals surface area contributed by atoms with Crippen LogP contribution in [0.25, 0.3) is 10.8 Å². The molecule has 1 unspecified atom stereocenters. The van der Waals surface area contributed by atoms with Gasteiger partial charge in [0, 0.05) is 42.6 Å². The first-order chi connectivity index (χ1) is 10.1. The number of hydrogen-bond donors (Lipinski definition) is 0. The highest BCUT2D eigenvalue weighted by atomic mass is 32.2. The molecule has 1 aliphatic heterocycles. The summed E-state index contributed by atoms with van der Waals surface area (Å²) in [6.45, 7) is 2.22. The second-order valence-electron chi connectivity index (χ2n) is 5.26. The Kier molecular flexibility index (Phi) is 3.92. The van der Waals surface area contributed by atoms with Crippen molar-refractivity contribution < 1.29 is 9.59 Å². The quantitative estimate of drug-likeness (QED) is 0.874. The molecular weight excluding hydrogens is 284 g/mol. The van der Waals surface area contributed by atoms with E-state index in [1.165, 1.54) is 11.8 Å². The van der Waals surface area contributed by atoms with Gasteiger partial charge in [0.05, 0.1) is 11.9 Å². The van der Waals surface area contributed by atoms with Gasteiger partial charge in [-0.05, 0) is 5.92 Å². The van der Waals surface area contributed by atoms with Crippen LogP contribution in [0.15, 0.2) is 36.7 Å². The molecular formula is C16H16N2O2S. The average molecular weight is 300 g/mol. The normalized spacial score (nSPS) is 18.4. The second kappa shape index (κ2) is 5.85. The minimum absolute atomic E-state index is 0.104. The highest BCUT2D eigenvalue weighted by molar-refractivity contribution is 8.13. The monoisotopic (exact) mass is 300 g/mol. The van der Waals surface area contributed by atoms with E-state index >= 15 is 0 Å². The number of fused-ring (bicyclic) bond motifs is 1. The molecule has 0 aliphatic carbocycles. The molecule has 1 fully saturated rings. The molecule has 0 bridgehead atoms. The number of anilines is 1. The number of nitrogens with zero attached hydrogens (tertiary/aromatic N) is 2. The van der Waals surface area contributed by atoms with Crippen LogP contribution in [0.4, 0.5) is 5.69 Å². The van der Waals surface area contributed by atoms with Gasteiger partial charge in [-0.15, -0.1) is 0 Å². The zero-order valence-corrected chi connectivity index (χ0v) is 12.6. The lowest BCUT2D eigenvalue weighted by molar-refractivity contribution is -0.117. The first kappa shape index (κ1) is 14.1. The summed E-state index contributed by atoms with van der Waals surface area (Å²) in [5.41, 5.74) is 0.869. The van der Waals surface area contributed by atoms with Crippen molar-refractivity contribution in [3.63, 3.8) is 0 Å². The number of pyridine rings is 1. The van der Waals surface area contributed by atoms with Crippen molar-refractivity contribution in [3.8, 4) is 0 Å². The van der Waals surface area contributed by atoms with E-state index in [1.54, 1.807) is 18.0 Å². The number of carbonyl (C=O) groups is 2. The maximum atomic E-state index is 12.3. The van der Waals surface area contributed by atoms with Crippen molar-refractivity contribution in [2.24, 2.45) is 5.92 Å². The summed E-state index contributed by atoms with van der Waals surface area (Å²) in [6, 6.07) is 7.94. The lowest BCUT2D eigenvalue weighted by Gasteiger charge is -2.18. The van der Waals surface area contributed by atoms with Crippen LogP contribution < -0.4 is 4.90 Å². The van der Waals surface area contributed by atoms with Crippen LogP contribution in [-0.4, -0.2) is 28.3 Å². The SMILES string of the molecule is CC(=O)SCC1CC(=O)N(c2cncc3ccccc23)C1. The standard InChI is InChI=1S/C16H16N2O2S/c1-11(19)21-10-12-6-16(20)18(9-12)15-8-17-7-13-4-2-3-5-14(13)15/h2-5,7-8,12H,6,9-10H2,1H3. The maximum Gasteiger partial charge on any atom is 0.227 e. The zero-order valence-electron chi connectivity index (χ0n) is 11.8. The van der Waals surface area contributed by atoms with E-state index in [-0.39, 0.29) is 16.9 Å². The van der Waals surface area contributed by atoms with Gasteiger partial charge in [-0.1, -0.05) is 36.0 Å². The van der Waals surface area contributed by atoms with Crippen LogP contribution in [0.3, 0.4) is 0 Å². The summed E-state index contributed by atoms with van der Waals surface area (Å²) in [5, 5.41) is 2.18. The van der Waals surface area contributed by atoms with Gasteiger partial charge < -0.3 is 4.90 Å². The molecule has 1 saturated heterocycles. The first-order valence-electron chi connectivity index (χ1n) is 6.91. The molecule has 1 atom stereocenters. The number of aromatic nitrogens is 1. The van der Waals surface area contributed by atoms with Crippen LogP contribution in [0, 0.1) is 5.92 Å². The number of rotatable bonds is 3. The topological polar surface area (TPSA) is 50.3 Å². The minimum atomic E-state index is 0.104. The van der Waals surface area contributed by atoms with Crippen molar-refractivity contribution in [1.29, 1.82) is 0 Å². The number of hydrogen-bond acceptors (Lipinski definition) is 4. The summed E-state index contributed by atoms with van der Waals surface area (Å²) >= 11 is 1.30. The molecule has 0 spiro atoms. The first-order valence-corrected chi connectivity index (χ1v) is 7.90. The lowest BCUT2D eigenvalue weighted by atomic mass is 10.1. The predicted molar refractivity (Wildman–Crippen MR) is 85.3 cm³/mol. The van der Waals surface area contributed by atoms with Crippen LogP contribution in [0.1, 0.15) is 13.3 Å². The highest BCUT2D eigenvalue weighted by Crippen LogP contribution is 2.31. The summed E-state index contributed by atoms with van der Waals surface area (Å²) in [7, 11) is 0. The van der Waals surface area contributed by atoms with Crippen molar-refractivity contribution in [2.45, 2.75) is 13.3 Å². The number of carbonyl (C=O) groups excluding carboxylic acids is 2. The molecule has 2 aromatic rings.